The second-order valence-electron chi connectivity index (χ2n) is 7.04. The number of nitrogens with one attached hydrogen (secondary N) is 1. The number of nitriles is 1. The van der Waals surface area contributed by atoms with Gasteiger partial charge in [0.05, 0.1) is 23.7 Å². The van der Waals surface area contributed by atoms with Crippen molar-refractivity contribution in [1.82, 2.24) is 14.5 Å². The molecule has 144 valence electrons. The molecule has 0 spiro atoms. The van der Waals surface area contributed by atoms with Crippen LogP contribution in [-0.2, 0) is 6.54 Å². The minimum atomic E-state index is 0.500. The number of aromatic nitrogens is 3. The van der Waals surface area contributed by atoms with Gasteiger partial charge in [0.1, 0.15) is 17.6 Å². The molecule has 0 bridgehead atoms. The maximum absolute atomic E-state index is 9.76. The van der Waals surface area contributed by atoms with Crippen molar-refractivity contribution in [3.8, 4) is 11.8 Å². The van der Waals surface area contributed by atoms with Gasteiger partial charge in [-0.15, -0.1) is 0 Å². The van der Waals surface area contributed by atoms with Crippen LogP contribution in [0.3, 0.4) is 0 Å². The molecule has 0 aliphatic heterocycles. The first-order valence-electron chi connectivity index (χ1n) is 9.45. The molecule has 0 fully saturated rings. The number of rotatable bonds is 5. The highest BCUT2D eigenvalue weighted by atomic mass is 16.5. The molecule has 2 heterocycles. The number of H-pyrrole nitrogens is 1. The Kier molecular flexibility index (Phi) is 4.92. The molecule has 29 heavy (non-hydrogen) atoms. The fraction of sp³-hybridized carbons (Fsp3) is 0.167. The van der Waals surface area contributed by atoms with E-state index in [4.69, 9.17) is 4.74 Å². The Labute approximate surface area is 169 Å². The van der Waals surface area contributed by atoms with Gasteiger partial charge >= 0.3 is 0 Å². The Bertz CT molecular complexity index is 1240. The molecule has 4 aromatic rings. The van der Waals surface area contributed by atoms with Crippen molar-refractivity contribution in [1.29, 1.82) is 5.26 Å². The number of aryl methyl sites for hydroxylation is 1. The first kappa shape index (κ1) is 18.6. The van der Waals surface area contributed by atoms with E-state index in [9.17, 15) is 5.26 Å². The molecule has 0 amide bonds. The van der Waals surface area contributed by atoms with E-state index in [0.29, 0.717) is 11.4 Å². The summed E-state index contributed by atoms with van der Waals surface area (Å²) in [5.41, 5.74) is 6.69. The highest BCUT2D eigenvalue weighted by Gasteiger charge is 2.12. The molecule has 1 N–H and O–H groups in total. The van der Waals surface area contributed by atoms with Crippen molar-refractivity contribution in [2.45, 2.75) is 20.4 Å². The van der Waals surface area contributed by atoms with Gasteiger partial charge in [-0.25, -0.2) is 4.98 Å². The number of methoxy groups -OCH3 is 1. The van der Waals surface area contributed by atoms with E-state index in [1.165, 1.54) is 5.56 Å². The van der Waals surface area contributed by atoms with Gasteiger partial charge in [-0.2, -0.15) is 5.26 Å². The van der Waals surface area contributed by atoms with Gasteiger partial charge < -0.3 is 14.3 Å². The summed E-state index contributed by atoms with van der Waals surface area (Å²) in [5, 5.41) is 9.76. The van der Waals surface area contributed by atoms with Crippen molar-refractivity contribution in [3.05, 3.63) is 82.9 Å². The van der Waals surface area contributed by atoms with E-state index in [1.54, 1.807) is 7.11 Å². The molecule has 0 atom stereocenters. The van der Waals surface area contributed by atoms with Crippen molar-refractivity contribution < 1.29 is 4.74 Å². The van der Waals surface area contributed by atoms with E-state index >= 15 is 0 Å². The highest BCUT2D eigenvalue weighted by molar-refractivity contribution is 5.91. The molecule has 0 aliphatic carbocycles. The number of imidazole rings is 1. The number of allylic oxidation sites excluding steroid dienone is 1. The smallest absolute Gasteiger partial charge is 0.149 e. The summed E-state index contributed by atoms with van der Waals surface area (Å²) in [6.07, 6.45) is 1.90. The van der Waals surface area contributed by atoms with Gasteiger partial charge in [0.15, 0.2) is 0 Å². The molecule has 0 saturated heterocycles. The van der Waals surface area contributed by atoms with Gasteiger partial charge in [0.25, 0.3) is 0 Å². The third-order valence-electron chi connectivity index (χ3n) is 5.16. The fourth-order valence-electron chi connectivity index (χ4n) is 3.54. The average Bonchev–Trinajstić information content (AvgIpc) is 3.28. The van der Waals surface area contributed by atoms with Gasteiger partial charge in [-0.05, 0) is 49.2 Å². The Morgan fingerprint density at radius 2 is 1.97 bits per heavy atom. The molecule has 0 unspecified atom stereocenters. The molecular formula is C24H22N4O. The highest BCUT2D eigenvalue weighted by Crippen LogP contribution is 2.25. The lowest BCUT2D eigenvalue weighted by atomic mass is 10.1. The summed E-state index contributed by atoms with van der Waals surface area (Å²) in [7, 11) is 1.63. The molecule has 2 aromatic heterocycles. The van der Waals surface area contributed by atoms with Crippen molar-refractivity contribution in [2.24, 2.45) is 0 Å². The number of fused-ring (bicyclic) bond motifs is 1. The first-order chi connectivity index (χ1) is 14.1. The minimum absolute atomic E-state index is 0.500. The van der Waals surface area contributed by atoms with Gasteiger partial charge in [-0.1, -0.05) is 30.3 Å². The van der Waals surface area contributed by atoms with E-state index in [1.807, 2.05) is 30.3 Å². The summed E-state index contributed by atoms with van der Waals surface area (Å²) in [6, 6.07) is 20.4. The van der Waals surface area contributed by atoms with E-state index < -0.39 is 0 Å². The molecule has 0 radical (unpaired) electrons. The molecule has 2 aromatic carbocycles. The Hall–Kier alpha value is -3.78. The van der Waals surface area contributed by atoms with Gasteiger partial charge in [0.2, 0.25) is 0 Å². The van der Waals surface area contributed by atoms with E-state index in [2.05, 4.69) is 64.8 Å². The second kappa shape index (κ2) is 7.69. The minimum Gasteiger partial charge on any atom is -0.497 e. The van der Waals surface area contributed by atoms with Crippen LogP contribution in [-0.4, -0.2) is 21.6 Å². The third kappa shape index (κ3) is 3.65. The van der Waals surface area contributed by atoms with Crippen LogP contribution < -0.4 is 4.74 Å². The quantitative estimate of drug-likeness (QED) is 0.488. The zero-order valence-electron chi connectivity index (χ0n) is 16.7. The number of hydrogen-bond acceptors (Lipinski definition) is 3. The van der Waals surface area contributed by atoms with Gasteiger partial charge in [0, 0.05) is 24.0 Å². The van der Waals surface area contributed by atoms with Crippen LogP contribution >= 0.6 is 0 Å². The maximum Gasteiger partial charge on any atom is 0.149 e. The number of hydrogen-bond donors (Lipinski definition) is 1. The number of benzene rings is 2. The maximum atomic E-state index is 9.76. The van der Waals surface area contributed by atoms with Crippen LogP contribution in [0.25, 0.3) is 22.7 Å². The predicted molar refractivity (Wildman–Crippen MR) is 116 cm³/mol. The van der Waals surface area contributed by atoms with E-state index in [0.717, 1.165) is 40.3 Å². The SMILES string of the molecule is COc1ccc2nc(C(C#N)=Cc3cc(C)n(Cc4ccccc4)c3C)[nH]c2c1. The second-order valence-corrected chi connectivity index (χ2v) is 7.04. The third-order valence-corrected chi connectivity index (χ3v) is 5.16. The predicted octanol–water partition coefficient (Wildman–Crippen LogP) is 5.10. The number of aromatic amines is 1. The van der Waals surface area contributed by atoms with Crippen molar-refractivity contribution in [2.75, 3.05) is 7.11 Å². The van der Waals surface area contributed by atoms with Crippen LogP contribution in [0, 0.1) is 25.2 Å². The Morgan fingerprint density at radius 1 is 1.17 bits per heavy atom. The molecule has 5 nitrogen and oxygen atoms in total. The Morgan fingerprint density at radius 3 is 2.69 bits per heavy atom. The zero-order valence-corrected chi connectivity index (χ0v) is 16.7. The average molecular weight is 382 g/mol. The standard InChI is InChI=1S/C24H22N4O/c1-16-11-19(17(2)28(16)15-18-7-5-4-6-8-18)12-20(14-25)24-26-22-10-9-21(29-3)13-23(22)27-24/h4-13H,15H2,1-3H3,(H,26,27). The summed E-state index contributed by atoms with van der Waals surface area (Å²) in [6.45, 7) is 4.98. The topological polar surface area (TPSA) is 66.6 Å². The zero-order chi connectivity index (χ0) is 20.4. The van der Waals surface area contributed by atoms with Gasteiger partial charge in [-0.3, -0.25) is 0 Å². The van der Waals surface area contributed by atoms with Crippen LogP contribution in [0.4, 0.5) is 0 Å². The fourth-order valence-corrected chi connectivity index (χ4v) is 3.54. The Balaban J connectivity index is 1.71. The van der Waals surface area contributed by atoms with Crippen LogP contribution in [0.5, 0.6) is 5.75 Å². The lowest BCUT2D eigenvalue weighted by Gasteiger charge is -2.09. The summed E-state index contributed by atoms with van der Waals surface area (Å²) in [5.74, 6) is 1.31. The molecule has 5 heteroatoms. The summed E-state index contributed by atoms with van der Waals surface area (Å²) < 4.78 is 7.53. The molecular weight excluding hydrogens is 360 g/mol. The molecule has 4 rings (SSSR count). The lowest BCUT2D eigenvalue weighted by Crippen LogP contribution is -2.03. The van der Waals surface area contributed by atoms with E-state index in [-0.39, 0.29) is 0 Å². The monoisotopic (exact) mass is 382 g/mol. The lowest BCUT2D eigenvalue weighted by molar-refractivity contribution is 0.415. The van der Waals surface area contributed by atoms with Crippen molar-refractivity contribution >= 4 is 22.7 Å². The van der Waals surface area contributed by atoms with Crippen LogP contribution in [0.15, 0.2) is 54.6 Å². The number of nitrogens with zero attached hydrogens (tertiary/aromatic N) is 3. The summed E-state index contributed by atoms with van der Waals surface area (Å²) in [4.78, 5) is 7.81. The number of ether oxygens (including phenoxy) is 1. The largest absolute Gasteiger partial charge is 0.497 e. The first-order valence-corrected chi connectivity index (χ1v) is 9.45. The van der Waals surface area contributed by atoms with Crippen LogP contribution in [0.1, 0.15) is 28.3 Å². The van der Waals surface area contributed by atoms with Crippen molar-refractivity contribution in [3.63, 3.8) is 0 Å². The summed E-state index contributed by atoms with van der Waals surface area (Å²) >= 11 is 0. The van der Waals surface area contributed by atoms with Crippen LogP contribution in [0.2, 0.25) is 0 Å². The normalized spacial score (nSPS) is 11.6. The molecule has 0 aliphatic rings. The molecule has 0 saturated carbocycles.